The third-order valence-corrected chi connectivity index (χ3v) is 6.86. The van der Waals surface area contributed by atoms with Gasteiger partial charge < -0.3 is 13.6 Å². The molecule has 0 unspecified atom stereocenters. The van der Waals surface area contributed by atoms with E-state index in [0.29, 0.717) is 56.6 Å². The van der Waals surface area contributed by atoms with E-state index < -0.39 is 11.3 Å². The molecule has 0 fully saturated rings. The van der Waals surface area contributed by atoms with E-state index in [1.54, 1.807) is 30.3 Å². The van der Waals surface area contributed by atoms with Gasteiger partial charge in [-0.25, -0.2) is 9.59 Å². The van der Waals surface area contributed by atoms with Gasteiger partial charge in [0, 0.05) is 45.5 Å². The Bertz CT molecular complexity index is 1740. The highest BCUT2D eigenvalue weighted by Gasteiger charge is 2.23. The Labute approximate surface area is 215 Å². The van der Waals surface area contributed by atoms with Crippen molar-refractivity contribution in [3.8, 4) is 16.9 Å². The predicted molar refractivity (Wildman–Crippen MR) is 140 cm³/mol. The van der Waals surface area contributed by atoms with Gasteiger partial charge in [0.15, 0.2) is 0 Å². The average molecular weight is 520 g/mol. The van der Waals surface area contributed by atoms with E-state index >= 15 is 0 Å². The third kappa shape index (κ3) is 4.28. The summed E-state index contributed by atoms with van der Waals surface area (Å²) in [6, 6.07) is 19.4. The van der Waals surface area contributed by atoms with Crippen molar-refractivity contribution in [3.63, 3.8) is 0 Å². The zero-order valence-corrected chi connectivity index (χ0v) is 20.4. The number of rotatable bonds is 4. The molecule has 6 rings (SSSR count). The molecule has 3 heterocycles. The molecule has 8 heteroatoms. The normalized spacial score (nSPS) is 13.6. The van der Waals surface area contributed by atoms with Crippen LogP contribution in [0.5, 0.6) is 5.75 Å². The molecule has 3 aromatic carbocycles. The average Bonchev–Trinajstić information content (AvgIpc) is 2.87. The molecular weight excluding hydrogens is 501 g/mol. The highest BCUT2D eigenvalue weighted by Crippen LogP contribution is 2.36. The Morgan fingerprint density at radius 2 is 1.64 bits per heavy atom. The third-order valence-electron chi connectivity index (χ3n) is 6.37. The van der Waals surface area contributed by atoms with Crippen LogP contribution in [0.1, 0.15) is 11.1 Å². The minimum absolute atomic E-state index is 0.263. The summed E-state index contributed by atoms with van der Waals surface area (Å²) in [5.74, 6) is 0.655. The second-order valence-corrected chi connectivity index (χ2v) is 9.60. The first-order valence-corrected chi connectivity index (χ1v) is 12.1. The molecule has 6 nitrogen and oxygen atoms in total. The van der Waals surface area contributed by atoms with Crippen LogP contribution in [-0.4, -0.2) is 18.2 Å². The molecule has 1 aliphatic heterocycles. The second kappa shape index (κ2) is 9.13. The first-order valence-electron chi connectivity index (χ1n) is 11.4. The minimum atomic E-state index is -0.560. The summed E-state index contributed by atoms with van der Waals surface area (Å²) in [7, 11) is 0. The Balaban J connectivity index is 1.40. The van der Waals surface area contributed by atoms with E-state index in [2.05, 4.69) is 4.90 Å². The number of halogens is 2. The Morgan fingerprint density at radius 1 is 0.833 bits per heavy atom. The number of benzene rings is 3. The van der Waals surface area contributed by atoms with Gasteiger partial charge in [-0.1, -0.05) is 35.3 Å². The van der Waals surface area contributed by atoms with E-state index in [1.807, 2.05) is 30.3 Å². The Kier molecular flexibility index (Phi) is 5.80. The number of hydrogen-bond acceptors (Lipinski definition) is 6. The molecule has 36 heavy (non-hydrogen) atoms. The fourth-order valence-electron chi connectivity index (χ4n) is 4.57. The summed E-state index contributed by atoms with van der Waals surface area (Å²) in [6.45, 7) is 1.70. The fourth-order valence-corrected chi connectivity index (χ4v) is 4.87. The maximum Gasteiger partial charge on any atom is 0.344 e. The van der Waals surface area contributed by atoms with E-state index in [0.717, 1.165) is 18.5 Å². The molecule has 0 radical (unpaired) electrons. The minimum Gasteiger partial charge on any atom is -0.478 e. The van der Waals surface area contributed by atoms with Crippen molar-refractivity contribution in [1.82, 2.24) is 4.90 Å². The largest absolute Gasteiger partial charge is 0.478 e. The summed E-state index contributed by atoms with van der Waals surface area (Å²) in [5, 5.41) is 2.51. The Hall–Kier alpha value is -3.58. The molecule has 2 aromatic heterocycles. The molecule has 0 amide bonds. The van der Waals surface area contributed by atoms with Crippen molar-refractivity contribution in [2.24, 2.45) is 0 Å². The molecule has 0 bridgehead atoms. The lowest BCUT2D eigenvalue weighted by molar-refractivity contribution is 0.0968. The predicted octanol–water partition coefficient (Wildman–Crippen LogP) is 6.27. The summed E-state index contributed by atoms with van der Waals surface area (Å²) in [5.41, 5.74) is 2.35. The summed E-state index contributed by atoms with van der Waals surface area (Å²) in [6.07, 6.45) is 0.816. The quantitative estimate of drug-likeness (QED) is 0.260. The SMILES string of the molecule is O=c1cc(-c2cc3cc(Cl)ccc3oc2=O)c2ccc3c(c2o1)CN(CCc1ccc(Cl)cc1)CO3. The highest BCUT2D eigenvalue weighted by atomic mass is 35.5. The number of nitrogens with zero attached hydrogens (tertiary/aromatic N) is 1. The zero-order valence-electron chi connectivity index (χ0n) is 18.9. The molecule has 0 saturated heterocycles. The first kappa shape index (κ1) is 22.9. The molecule has 0 N–H and O–H groups in total. The highest BCUT2D eigenvalue weighted by molar-refractivity contribution is 6.31. The van der Waals surface area contributed by atoms with Gasteiger partial charge in [-0.15, -0.1) is 0 Å². The zero-order chi connectivity index (χ0) is 24.8. The van der Waals surface area contributed by atoms with Crippen LogP contribution in [0.2, 0.25) is 10.0 Å². The molecule has 0 aliphatic carbocycles. The standard InChI is InChI=1S/C28H19Cl2NO5/c29-18-3-1-16(2-4-18)9-10-31-14-23-25(34-15-31)8-6-20-21(13-26(32)36-27(20)23)22-12-17-11-19(30)5-7-24(17)35-28(22)33/h1-8,11-13H,9-10,14-15H2. The first-order chi connectivity index (χ1) is 17.4. The molecule has 180 valence electrons. The van der Waals surface area contributed by atoms with Gasteiger partial charge in [-0.2, -0.15) is 0 Å². The van der Waals surface area contributed by atoms with Crippen LogP contribution in [0.4, 0.5) is 0 Å². The van der Waals surface area contributed by atoms with Crippen molar-refractivity contribution in [2.75, 3.05) is 13.3 Å². The van der Waals surface area contributed by atoms with Crippen LogP contribution < -0.4 is 16.0 Å². The topological polar surface area (TPSA) is 72.9 Å². The van der Waals surface area contributed by atoms with Crippen molar-refractivity contribution in [1.29, 1.82) is 0 Å². The van der Waals surface area contributed by atoms with Crippen molar-refractivity contribution < 1.29 is 13.6 Å². The molecule has 0 saturated carbocycles. The molecule has 0 atom stereocenters. The molecule has 5 aromatic rings. The van der Waals surface area contributed by atoms with Crippen LogP contribution in [0.3, 0.4) is 0 Å². The lowest BCUT2D eigenvalue weighted by atomic mass is 9.99. The fraction of sp³-hybridized carbons (Fsp3) is 0.143. The van der Waals surface area contributed by atoms with Gasteiger partial charge in [-0.3, -0.25) is 4.90 Å². The maximum atomic E-state index is 12.9. The van der Waals surface area contributed by atoms with Crippen molar-refractivity contribution in [2.45, 2.75) is 13.0 Å². The monoisotopic (exact) mass is 519 g/mol. The van der Waals surface area contributed by atoms with Crippen molar-refractivity contribution in [3.05, 3.63) is 109 Å². The molecule has 1 aliphatic rings. The van der Waals surface area contributed by atoms with E-state index in [-0.39, 0.29) is 5.56 Å². The lowest BCUT2D eigenvalue weighted by Crippen LogP contribution is -2.33. The van der Waals surface area contributed by atoms with Crippen LogP contribution in [0, 0.1) is 0 Å². The van der Waals surface area contributed by atoms with Gasteiger partial charge in [0.25, 0.3) is 0 Å². The lowest BCUT2D eigenvalue weighted by Gasteiger charge is -2.29. The van der Waals surface area contributed by atoms with E-state index in [9.17, 15) is 9.59 Å². The molecule has 0 spiro atoms. The Morgan fingerprint density at radius 3 is 2.47 bits per heavy atom. The van der Waals surface area contributed by atoms with Crippen LogP contribution in [-0.2, 0) is 13.0 Å². The van der Waals surface area contributed by atoms with Gasteiger partial charge in [0.05, 0.1) is 11.1 Å². The number of hydrogen-bond donors (Lipinski definition) is 0. The second-order valence-electron chi connectivity index (χ2n) is 8.73. The van der Waals surface area contributed by atoms with Gasteiger partial charge in [-0.05, 0) is 60.5 Å². The summed E-state index contributed by atoms with van der Waals surface area (Å²) in [4.78, 5) is 27.6. The maximum absolute atomic E-state index is 12.9. The van der Waals surface area contributed by atoms with E-state index in [4.69, 9.17) is 36.8 Å². The summed E-state index contributed by atoms with van der Waals surface area (Å²) < 4.78 is 17.2. The van der Waals surface area contributed by atoms with Crippen LogP contribution in [0.15, 0.2) is 85.2 Å². The number of ether oxygens (including phenoxy) is 1. The summed E-state index contributed by atoms with van der Waals surface area (Å²) >= 11 is 12.1. The van der Waals surface area contributed by atoms with Crippen molar-refractivity contribution >= 4 is 45.1 Å². The molecular formula is C28H19Cl2NO5. The van der Waals surface area contributed by atoms with Gasteiger partial charge in [0.2, 0.25) is 0 Å². The smallest absolute Gasteiger partial charge is 0.344 e. The van der Waals surface area contributed by atoms with E-state index in [1.165, 1.54) is 11.6 Å². The number of fused-ring (bicyclic) bond motifs is 4. The van der Waals surface area contributed by atoms with Crippen LogP contribution >= 0.6 is 23.2 Å². The van der Waals surface area contributed by atoms with Gasteiger partial charge in [0.1, 0.15) is 23.6 Å². The van der Waals surface area contributed by atoms with Crippen LogP contribution in [0.25, 0.3) is 33.1 Å². The van der Waals surface area contributed by atoms with Gasteiger partial charge >= 0.3 is 11.3 Å².